The van der Waals surface area contributed by atoms with Gasteiger partial charge in [-0.1, -0.05) is 0 Å². The van der Waals surface area contributed by atoms with E-state index in [-0.39, 0.29) is 0 Å². The summed E-state index contributed by atoms with van der Waals surface area (Å²) in [6, 6.07) is 0. The normalized spacial score (nSPS) is 39.8. The third-order valence-corrected chi connectivity index (χ3v) is 3.41. The summed E-state index contributed by atoms with van der Waals surface area (Å²) in [7, 11) is 0.329. The van der Waals surface area contributed by atoms with Crippen molar-refractivity contribution in [1.82, 2.24) is 0 Å². The van der Waals surface area contributed by atoms with Crippen molar-refractivity contribution in [3.05, 3.63) is 0 Å². The average molecular weight is 141 g/mol. The molecule has 1 nitrogen and oxygen atoms in total. The first-order valence-corrected chi connectivity index (χ1v) is 4.40. The second-order valence-corrected chi connectivity index (χ2v) is 3.92. The van der Waals surface area contributed by atoms with Gasteiger partial charge in [0, 0.05) is 0 Å². The first-order chi connectivity index (χ1) is 4.40. The van der Waals surface area contributed by atoms with Crippen LogP contribution in [0.3, 0.4) is 0 Å². The van der Waals surface area contributed by atoms with Gasteiger partial charge >= 0.3 is 55.5 Å². The van der Waals surface area contributed by atoms with E-state index in [1.54, 1.807) is 0 Å². The molecular formula is C7H10OP+. The Labute approximate surface area is 56.3 Å². The van der Waals surface area contributed by atoms with Gasteiger partial charge < -0.3 is 0 Å². The molecule has 2 bridgehead atoms. The number of hydrogen-bond acceptors (Lipinski definition) is 1. The van der Waals surface area contributed by atoms with Gasteiger partial charge in [0.25, 0.3) is 0 Å². The van der Waals surface area contributed by atoms with Gasteiger partial charge in [-0.05, 0) is 0 Å². The molecule has 0 aromatic heterocycles. The molecule has 0 aromatic carbocycles. The second kappa shape index (κ2) is 2.05. The topological polar surface area (TPSA) is 17.1 Å². The molecule has 0 amide bonds. The summed E-state index contributed by atoms with van der Waals surface area (Å²) in [6.07, 6.45) is 5.21. The predicted molar refractivity (Wildman–Crippen MR) is 38.1 cm³/mol. The zero-order valence-electron chi connectivity index (χ0n) is 5.34. The van der Waals surface area contributed by atoms with Crippen LogP contribution >= 0.6 is 8.08 Å². The van der Waals surface area contributed by atoms with Crippen LogP contribution in [0.5, 0.6) is 0 Å². The fourth-order valence-electron chi connectivity index (χ4n) is 2.14. The Balaban J connectivity index is 2.28. The van der Waals surface area contributed by atoms with Crippen LogP contribution in [-0.2, 0) is 4.57 Å². The number of fused-ring (bicyclic) bond motifs is 2. The van der Waals surface area contributed by atoms with Crippen LogP contribution in [0, 0.1) is 11.8 Å². The molecule has 9 heavy (non-hydrogen) atoms. The minimum atomic E-state index is 0.329. The Morgan fingerprint density at radius 3 is 2.67 bits per heavy atom. The molecule has 0 N–H and O–H groups in total. The Morgan fingerprint density at radius 1 is 1.44 bits per heavy atom. The first-order valence-electron chi connectivity index (χ1n) is 3.59. The predicted octanol–water partition coefficient (Wildman–Crippen LogP) is 2.27. The van der Waals surface area contributed by atoms with Gasteiger partial charge in [0.15, 0.2) is 0 Å². The molecule has 2 saturated carbocycles. The SMILES string of the molecule is O=[P+]=C1CC2CCC1C2. The average Bonchev–Trinajstić information content (AvgIpc) is 2.45. The quantitative estimate of drug-likeness (QED) is 0.473. The van der Waals surface area contributed by atoms with Crippen molar-refractivity contribution in [2.45, 2.75) is 25.7 Å². The molecule has 0 radical (unpaired) electrons. The van der Waals surface area contributed by atoms with E-state index in [2.05, 4.69) is 0 Å². The summed E-state index contributed by atoms with van der Waals surface area (Å²) in [6.45, 7) is 0. The van der Waals surface area contributed by atoms with Crippen LogP contribution in [0.4, 0.5) is 0 Å². The molecule has 2 atom stereocenters. The Kier molecular flexibility index (Phi) is 1.34. The van der Waals surface area contributed by atoms with Gasteiger partial charge in [-0.3, -0.25) is 0 Å². The van der Waals surface area contributed by atoms with Crippen LogP contribution in [0.25, 0.3) is 0 Å². The molecule has 2 unspecified atom stereocenters. The molecule has 0 aliphatic heterocycles. The van der Waals surface area contributed by atoms with E-state index in [0.29, 0.717) is 8.08 Å². The van der Waals surface area contributed by atoms with Crippen LogP contribution in [0.15, 0.2) is 0 Å². The van der Waals surface area contributed by atoms with E-state index < -0.39 is 0 Å². The molecule has 0 heterocycles. The van der Waals surface area contributed by atoms with Crippen LogP contribution in [0.2, 0.25) is 0 Å². The second-order valence-electron chi connectivity index (χ2n) is 3.16. The monoisotopic (exact) mass is 141 g/mol. The third-order valence-electron chi connectivity index (χ3n) is 2.63. The standard InChI is InChI=1S/C7H10OP/c8-9-7-4-5-1-2-6(7)3-5/h5-6H,1-4H2/q+1. The maximum absolute atomic E-state index is 10.5. The van der Waals surface area contributed by atoms with E-state index in [1.807, 2.05) is 0 Å². The summed E-state index contributed by atoms with van der Waals surface area (Å²) >= 11 is 0. The Morgan fingerprint density at radius 2 is 2.33 bits per heavy atom. The van der Waals surface area contributed by atoms with Gasteiger partial charge in [0.1, 0.15) is 0 Å². The molecule has 2 rings (SSSR count). The van der Waals surface area contributed by atoms with Crippen molar-refractivity contribution < 1.29 is 4.57 Å². The Hall–Kier alpha value is 0.100. The van der Waals surface area contributed by atoms with Gasteiger partial charge in [0.05, 0.1) is 0 Å². The molecule has 2 fully saturated rings. The van der Waals surface area contributed by atoms with Gasteiger partial charge in [-0.25, -0.2) is 0 Å². The van der Waals surface area contributed by atoms with E-state index in [4.69, 9.17) is 0 Å². The van der Waals surface area contributed by atoms with E-state index >= 15 is 0 Å². The fraction of sp³-hybridized carbons (Fsp3) is 0.857. The van der Waals surface area contributed by atoms with Crippen LogP contribution in [-0.4, -0.2) is 5.29 Å². The summed E-state index contributed by atoms with van der Waals surface area (Å²) in [5, 5.41) is 1.30. The van der Waals surface area contributed by atoms with E-state index in [0.717, 1.165) is 18.3 Å². The summed E-state index contributed by atoms with van der Waals surface area (Å²) in [5.74, 6) is 1.65. The van der Waals surface area contributed by atoms with Crippen molar-refractivity contribution in [2.75, 3.05) is 0 Å². The van der Waals surface area contributed by atoms with Crippen molar-refractivity contribution >= 4 is 13.4 Å². The zero-order chi connectivity index (χ0) is 6.27. The van der Waals surface area contributed by atoms with Crippen molar-refractivity contribution in [2.24, 2.45) is 11.8 Å². The van der Waals surface area contributed by atoms with Crippen LogP contribution < -0.4 is 0 Å². The van der Waals surface area contributed by atoms with Gasteiger partial charge in [0.2, 0.25) is 0 Å². The van der Waals surface area contributed by atoms with E-state index in [1.165, 1.54) is 24.6 Å². The van der Waals surface area contributed by atoms with E-state index in [9.17, 15) is 4.57 Å². The van der Waals surface area contributed by atoms with Gasteiger partial charge in [-0.2, -0.15) is 0 Å². The van der Waals surface area contributed by atoms with Crippen molar-refractivity contribution in [1.29, 1.82) is 0 Å². The van der Waals surface area contributed by atoms with Crippen molar-refractivity contribution in [3.8, 4) is 0 Å². The molecule has 2 heteroatoms. The number of rotatable bonds is 0. The molecule has 0 spiro atoms. The zero-order valence-corrected chi connectivity index (χ0v) is 6.23. The van der Waals surface area contributed by atoms with Crippen LogP contribution in [0.1, 0.15) is 25.7 Å². The summed E-state index contributed by atoms with van der Waals surface area (Å²) in [5.41, 5.74) is 0. The molecule has 48 valence electrons. The Bertz CT molecular complexity index is 181. The third kappa shape index (κ3) is 0.826. The summed E-state index contributed by atoms with van der Waals surface area (Å²) < 4.78 is 10.5. The molecule has 2 aliphatic carbocycles. The van der Waals surface area contributed by atoms with Gasteiger partial charge in [-0.15, -0.1) is 0 Å². The number of hydrogen-bond donors (Lipinski definition) is 0. The summed E-state index contributed by atoms with van der Waals surface area (Å²) in [4.78, 5) is 0. The maximum atomic E-state index is 10.5. The molecule has 0 aromatic rings. The van der Waals surface area contributed by atoms with Crippen molar-refractivity contribution in [3.63, 3.8) is 0 Å². The first kappa shape index (κ1) is 5.85. The minimum absolute atomic E-state index is 0.329. The fourth-order valence-corrected chi connectivity index (χ4v) is 2.85. The molecule has 2 aliphatic rings. The molecular weight excluding hydrogens is 131 g/mol. The molecule has 0 saturated heterocycles.